The summed E-state index contributed by atoms with van der Waals surface area (Å²) in [6, 6.07) is 4.34. The molecule has 1 aliphatic carbocycles. The van der Waals surface area contributed by atoms with Gasteiger partial charge in [0, 0.05) is 12.0 Å². The fourth-order valence-corrected chi connectivity index (χ4v) is 3.32. The van der Waals surface area contributed by atoms with E-state index in [1.807, 2.05) is 6.92 Å². The molecule has 4 rings (SSSR count). The number of furan rings is 1. The van der Waals surface area contributed by atoms with Gasteiger partial charge in [0.05, 0.1) is 11.3 Å². The van der Waals surface area contributed by atoms with E-state index < -0.39 is 0 Å². The maximum Gasteiger partial charge on any atom is 0.256 e. The molecule has 4 heteroatoms. The average Bonchev–Trinajstić information content (AvgIpc) is 2.98. The van der Waals surface area contributed by atoms with E-state index in [1.54, 1.807) is 12.1 Å². The van der Waals surface area contributed by atoms with E-state index in [4.69, 9.17) is 4.42 Å². The van der Waals surface area contributed by atoms with E-state index >= 15 is 0 Å². The van der Waals surface area contributed by atoms with Gasteiger partial charge >= 0.3 is 0 Å². The first-order valence-electron chi connectivity index (χ1n) is 7.57. The van der Waals surface area contributed by atoms with Crippen LogP contribution in [0.1, 0.15) is 41.1 Å². The minimum absolute atomic E-state index is 0.214. The lowest BCUT2D eigenvalue weighted by atomic mass is 9.95. The third-order valence-electron chi connectivity index (χ3n) is 4.51. The number of halogens is 1. The number of hydrogen-bond acceptors (Lipinski definition) is 2. The predicted molar refractivity (Wildman–Crippen MR) is 83.0 cm³/mol. The van der Waals surface area contributed by atoms with Gasteiger partial charge in [-0.25, -0.2) is 4.39 Å². The molecule has 0 spiro atoms. The van der Waals surface area contributed by atoms with Crippen LogP contribution in [0.15, 0.2) is 22.6 Å². The SMILES string of the molecule is Cc1c(C=C2C(=O)Nc3cc(F)ccc32)oc2c1CCCC2. The number of nitrogens with one attached hydrogen (secondary N) is 1. The highest BCUT2D eigenvalue weighted by Crippen LogP contribution is 2.36. The Bertz CT molecular complexity index is 817. The molecule has 1 aliphatic heterocycles. The molecule has 3 nitrogen and oxygen atoms in total. The van der Waals surface area contributed by atoms with Crippen molar-refractivity contribution < 1.29 is 13.6 Å². The largest absolute Gasteiger partial charge is 0.461 e. The van der Waals surface area contributed by atoms with Crippen LogP contribution in [-0.4, -0.2) is 5.91 Å². The Labute approximate surface area is 127 Å². The van der Waals surface area contributed by atoms with Crippen LogP contribution in [0.25, 0.3) is 11.6 Å². The van der Waals surface area contributed by atoms with Crippen molar-refractivity contribution >= 4 is 23.2 Å². The molecule has 1 N–H and O–H groups in total. The minimum Gasteiger partial charge on any atom is -0.461 e. The van der Waals surface area contributed by atoms with E-state index in [-0.39, 0.29) is 11.7 Å². The topological polar surface area (TPSA) is 42.2 Å². The van der Waals surface area contributed by atoms with Crippen molar-refractivity contribution in [2.24, 2.45) is 0 Å². The second kappa shape index (κ2) is 4.83. The Hall–Kier alpha value is -2.36. The second-order valence-corrected chi connectivity index (χ2v) is 5.90. The Kier molecular flexibility index (Phi) is 2.93. The number of rotatable bonds is 1. The molecule has 112 valence electrons. The normalized spacial score (nSPS) is 18.3. The fraction of sp³-hybridized carbons (Fsp3) is 0.278. The van der Waals surface area contributed by atoms with Gasteiger partial charge < -0.3 is 9.73 Å². The van der Waals surface area contributed by atoms with Crippen molar-refractivity contribution in [3.05, 3.63) is 52.2 Å². The smallest absolute Gasteiger partial charge is 0.256 e. The summed E-state index contributed by atoms with van der Waals surface area (Å²) in [6.45, 7) is 2.04. The second-order valence-electron chi connectivity index (χ2n) is 5.90. The summed E-state index contributed by atoms with van der Waals surface area (Å²) in [5, 5.41) is 2.70. The van der Waals surface area contributed by atoms with Crippen LogP contribution in [0, 0.1) is 12.7 Å². The summed E-state index contributed by atoms with van der Waals surface area (Å²) < 4.78 is 19.2. The van der Waals surface area contributed by atoms with E-state index in [9.17, 15) is 9.18 Å². The van der Waals surface area contributed by atoms with Crippen molar-refractivity contribution in [2.75, 3.05) is 5.32 Å². The third-order valence-corrected chi connectivity index (χ3v) is 4.51. The molecule has 0 radical (unpaired) electrons. The standard InChI is InChI=1S/C18H16FNO2/c1-10-12-4-2-3-5-16(12)22-17(10)9-14-13-7-6-11(19)8-15(13)20-18(14)21/h6-9H,2-5H2,1H3,(H,20,21). The summed E-state index contributed by atoms with van der Waals surface area (Å²) in [4.78, 5) is 12.2. The summed E-state index contributed by atoms with van der Waals surface area (Å²) in [7, 11) is 0. The van der Waals surface area contributed by atoms with Gasteiger partial charge in [-0.3, -0.25) is 4.79 Å². The molecule has 22 heavy (non-hydrogen) atoms. The van der Waals surface area contributed by atoms with Crippen LogP contribution in [0.3, 0.4) is 0 Å². The minimum atomic E-state index is -0.357. The van der Waals surface area contributed by atoms with Gasteiger partial charge in [-0.05, 0) is 61.6 Å². The van der Waals surface area contributed by atoms with Crippen LogP contribution < -0.4 is 5.32 Å². The quantitative estimate of drug-likeness (QED) is 0.805. The molecule has 1 aromatic heterocycles. The number of anilines is 1. The van der Waals surface area contributed by atoms with Crippen LogP contribution in [0.4, 0.5) is 10.1 Å². The fourth-order valence-electron chi connectivity index (χ4n) is 3.32. The number of benzene rings is 1. The molecule has 2 aliphatic rings. The molecule has 0 saturated heterocycles. The summed E-state index contributed by atoms with van der Waals surface area (Å²) in [5.41, 5.74) is 4.18. The molecular weight excluding hydrogens is 281 g/mol. The van der Waals surface area contributed by atoms with E-state index in [1.165, 1.54) is 24.1 Å². The molecule has 2 heterocycles. The van der Waals surface area contributed by atoms with Crippen molar-refractivity contribution in [1.29, 1.82) is 0 Å². The Morgan fingerprint density at radius 1 is 1.27 bits per heavy atom. The molecule has 0 saturated carbocycles. The third kappa shape index (κ3) is 1.98. The first-order valence-corrected chi connectivity index (χ1v) is 7.57. The number of fused-ring (bicyclic) bond motifs is 2. The van der Waals surface area contributed by atoms with Crippen molar-refractivity contribution in [1.82, 2.24) is 0 Å². The zero-order valence-electron chi connectivity index (χ0n) is 12.3. The van der Waals surface area contributed by atoms with E-state index in [0.717, 1.165) is 41.9 Å². The van der Waals surface area contributed by atoms with Gasteiger partial charge in [0.2, 0.25) is 0 Å². The van der Waals surface area contributed by atoms with Gasteiger partial charge in [-0.15, -0.1) is 0 Å². The van der Waals surface area contributed by atoms with Crippen molar-refractivity contribution in [3.8, 4) is 0 Å². The average molecular weight is 297 g/mol. The first-order chi connectivity index (χ1) is 10.6. The molecule has 0 atom stereocenters. The van der Waals surface area contributed by atoms with Crippen molar-refractivity contribution in [2.45, 2.75) is 32.6 Å². The van der Waals surface area contributed by atoms with Gasteiger partial charge in [0.25, 0.3) is 5.91 Å². The van der Waals surface area contributed by atoms with Crippen LogP contribution in [0.2, 0.25) is 0 Å². The molecule has 0 fully saturated rings. The monoisotopic (exact) mass is 297 g/mol. The number of carbonyl (C=O) groups is 1. The number of hydrogen-bond donors (Lipinski definition) is 1. The predicted octanol–water partition coefficient (Wildman–Crippen LogP) is 4.10. The highest BCUT2D eigenvalue weighted by atomic mass is 19.1. The Balaban J connectivity index is 1.81. The number of carbonyl (C=O) groups excluding carboxylic acids is 1. The maximum atomic E-state index is 13.3. The summed E-state index contributed by atoms with van der Waals surface area (Å²) >= 11 is 0. The highest BCUT2D eigenvalue weighted by molar-refractivity contribution is 6.34. The lowest BCUT2D eigenvalue weighted by Crippen LogP contribution is -2.03. The molecular formula is C18H16FNO2. The zero-order valence-corrected chi connectivity index (χ0v) is 12.3. The molecule has 0 unspecified atom stereocenters. The summed E-state index contributed by atoms with van der Waals surface area (Å²) in [5.74, 6) is 1.22. The van der Waals surface area contributed by atoms with Gasteiger partial charge in [0.1, 0.15) is 17.3 Å². The highest BCUT2D eigenvalue weighted by Gasteiger charge is 2.26. The molecule has 0 bridgehead atoms. The number of aryl methyl sites for hydroxylation is 1. The molecule has 2 aromatic rings. The van der Waals surface area contributed by atoms with Crippen LogP contribution in [0.5, 0.6) is 0 Å². The molecule has 1 aromatic carbocycles. The first kappa shape index (κ1) is 13.3. The van der Waals surface area contributed by atoms with Crippen LogP contribution >= 0.6 is 0 Å². The lowest BCUT2D eigenvalue weighted by molar-refractivity contribution is -0.110. The van der Waals surface area contributed by atoms with Gasteiger partial charge in [-0.2, -0.15) is 0 Å². The Morgan fingerprint density at radius 3 is 2.91 bits per heavy atom. The lowest BCUT2D eigenvalue weighted by Gasteiger charge is -2.08. The van der Waals surface area contributed by atoms with Gasteiger partial charge in [0.15, 0.2) is 0 Å². The number of amides is 1. The zero-order chi connectivity index (χ0) is 15.3. The molecule has 1 amide bonds. The maximum absolute atomic E-state index is 13.3. The Morgan fingerprint density at radius 2 is 2.09 bits per heavy atom. The summed E-state index contributed by atoms with van der Waals surface area (Å²) in [6.07, 6.45) is 6.13. The van der Waals surface area contributed by atoms with E-state index in [0.29, 0.717) is 11.3 Å². The van der Waals surface area contributed by atoms with Crippen molar-refractivity contribution in [3.63, 3.8) is 0 Å². The van der Waals surface area contributed by atoms with Crippen LogP contribution in [-0.2, 0) is 17.6 Å². The van der Waals surface area contributed by atoms with Gasteiger partial charge in [-0.1, -0.05) is 0 Å². The van der Waals surface area contributed by atoms with E-state index in [2.05, 4.69) is 5.32 Å².